The molecule has 1 atom stereocenters. The molecule has 0 aliphatic rings. The molecule has 1 amide bonds. The maximum atomic E-state index is 11.4. The quantitative estimate of drug-likeness (QED) is 0.683. The van der Waals surface area contributed by atoms with Gasteiger partial charge in [-0.2, -0.15) is 0 Å². The minimum absolute atomic E-state index is 0.0000954. The van der Waals surface area contributed by atoms with Crippen molar-refractivity contribution < 1.29 is 14.3 Å². The van der Waals surface area contributed by atoms with Gasteiger partial charge in [0.1, 0.15) is 0 Å². The third-order valence-electron chi connectivity index (χ3n) is 2.06. The number of carbonyl (C=O) groups excluding carboxylic acids is 2. The van der Waals surface area contributed by atoms with Gasteiger partial charge in [0.25, 0.3) is 0 Å². The lowest BCUT2D eigenvalue weighted by atomic mass is 10.1. The van der Waals surface area contributed by atoms with Gasteiger partial charge < -0.3 is 10.1 Å². The van der Waals surface area contributed by atoms with Crippen LogP contribution in [-0.2, 0) is 14.3 Å². The van der Waals surface area contributed by atoms with Gasteiger partial charge in [0.15, 0.2) is 0 Å². The second-order valence-corrected chi connectivity index (χ2v) is 4.18. The van der Waals surface area contributed by atoms with Crippen LogP contribution >= 0.6 is 0 Å². The molecule has 88 valence electrons. The number of hydrogen-bond acceptors (Lipinski definition) is 3. The van der Waals surface area contributed by atoms with Crippen LogP contribution in [0.25, 0.3) is 0 Å². The number of carbonyl (C=O) groups is 2. The number of rotatable bonds is 6. The summed E-state index contributed by atoms with van der Waals surface area (Å²) in [6, 6.07) is -0.155. The monoisotopic (exact) mass is 215 g/mol. The molecule has 1 unspecified atom stereocenters. The zero-order chi connectivity index (χ0) is 11.8. The average Bonchev–Trinajstić information content (AvgIpc) is 2.14. The molecule has 0 aromatic heterocycles. The van der Waals surface area contributed by atoms with E-state index in [0.717, 1.165) is 6.42 Å². The zero-order valence-corrected chi connectivity index (χ0v) is 10.0. The Morgan fingerprint density at radius 2 is 1.87 bits per heavy atom. The lowest BCUT2D eigenvalue weighted by molar-refractivity contribution is -0.141. The molecule has 0 aromatic carbocycles. The Balaban J connectivity index is 3.71. The lowest BCUT2D eigenvalue weighted by Gasteiger charge is -2.13. The van der Waals surface area contributed by atoms with E-state index in [0.29, 0.717) is 12.3 Å². The van der Waals surface area contributed by atoms with Crippen LogP contribution in [0.4, 0.5) is 0 Å². The van der Waals surface area contributed by atoms with Gasteiger partial charge >= 0.3 is 5.97 Å². The van der Waals surface area contributed by atoms with Gasteiger partial charge in [-0.3, -0.25) is 9.59 Å². The van der Waals surface area contributed by atoms with E-state index in [-0.39, 0.29) is 24.3 Å². The first kappa shape index (κ1) is 13.9. The van der Waals surface area contributed by atoms with Crippen molar-refractivity contribution in [2.24, 2.45) is 5.92 Å². The number of esters is 1. The highest BCUT2D eigenvalue weighted by Crippen LogP contribution is 2.03. The molecule has 1 N–H and O–H groups in total. The molecule has 0 radical (unpaired) electrons. The molecule has 4 heteroatoms. The molecule has 0 aliphatic carbocycles. The summed E-state index contributed by atoms with van der Waals surface area (Å²) in [5.74, 6) is 0.221. The molecule has 0 bridgehead atoms. The van der Waals surface area contributed by atoms with Gasteiger partial charge in [0, 0.05) is 12.5 Å². The topological polar surface area (TPSA) is 55.4 Å². The summed E-state index contributed by atoms with van der Waals surface area (Å²) < 4.78 is 4.51. The van der Waals surface area contributed by atoms with E-state index in [1.165, 1.54) is 7.11 Å². The number of nitrogens with one attached hydrogen (secondary N) is 1. The van der Waals surface area contributed by atoms with Crippen LogP contribution in [0.5, 0.6) is 0 Å². The van der Waals surface area contributed by atoms with E-state index in [2.05, 4.69) is 23.9 Å². The Kier molecular flexibility index (Phi) is 6.75. The van der Waals surface area contributed by atoms with E-state index in [4.69, 9.17) is 0 Å². The molecule has 0 aromatic rings. The van der Waals surface area contributed by atoms with Crippen LogP contribution in [0.3, 0.4) is 0 Å². The van der Waals surface area contributed by atoms with Gasteiger partial charge in [0.05, 0.1) is 13.5 Å². The standard InChI is InChI=1S/C11H21NO3/c1-8(2)5-6-10(13)12-9(3)7-11(14)15-4/h8-9H,5-7H2,1-4H3,(H,12,13). The largest absolute Gasteiger partial charge is 0.469 e. The second-order valence-electron chi connectivity index (χ2n) is 4.18. The van der Waals surface area contributed by atoms with Crippen molar-refractivity contribution in [2.75, 3.05) is 7.11 Å². The predicted octanol–water partition coefficient (Wildman–Crippen LogP) is 1.49. The SMILES string of the molecule is COC(=O)CC(C)NC(=O)CCC(C)C. The van der Waals surface area contributed by atoms with Crippen LogP contribution in [0.15, 0.2) is 0 Å². The van der Waals surface area contributed by atoms with E-state index in [1.807, 2.05) is 0 Å². The van der Waals surface area contributed by atoms with Crippen LogP contribution in [0.1, 0.15) is 40.0 Å². The van der Waals surface area contributed by atoms with Crippen molar-refractivity contribution in [1.29, 1.82) is 0 Å². The molecule has 0 fully saturated rings. The molecule has 0 saturated heterocycles. The van der Waals surface area contributed by atoms with E-state index in [9.17, 15) is 9.59 Å². The summed E-state index contributed by atoms with van der Waals surface area (Å²) in [4.78, 5) is 22.3. The maximum Gasteiger partial charge on any atom is 0.307 e. The number of hydrogen-bond donors (Lipinski definition) is 1. The van der Waals surface area contributed by atoms with Crippen molar-refractivity contribution in [3.05, 3.63) is 0 Å². The molecule has 0 heterocycles. The first-order valence-electron chi connectivity index (χ1n) is 5.31. The van der Waals surface area contributed by atoms with Gasteiger partial charge in [-0.05, 0) is 19.3 Å². The Morgan fingerprint density at radius 1 is 1.27 bits per heavy atom. The highest BCUT2D eigenvalue weighted by Gasteiger charge is 2.11. The number of methoxy groups -OCH3 is 1. The lowest BCUT2D eigenvalue weighted by Crippen LogP contribution is -2.34. The van der Waals surface area contributed by atoms with Crippen molar-refractivity contribution in [1.82, 2.24) is 5.32 Å². The van der Waals surface area contributed by atoms with E-state index in [1.54, 1.807) is 6.92 Å². The molecule has 0 rings (SSSR count). The fraction of sp³-hybridized carbons (Fsp3) is 0.818. The van der Waals surface area contributed by atoms with Gasteiger partial charge in [-0.25, -0.2) is 0 Å². The summed E-state index contributed by atoms with van der Waals surface area (Å²) in [7, 11) is 1.34. The van der Waals surface area contributed by atoms with Gasteiger partial charge in [0.2, 0.25) is 5.91 Å². The minimum atomic E-state index is -0.299. The van der Waals surface area contributed by atoms with Crippen LogP contribution in [0, 0.1) is 5.92 Å². The van der Waals surface area contributed by atoms with E-state index < -0.39 is 0 Å². The number of ether oxygens (including phenoxy) is 1. The van der Waals surface area contributed by atoms with Crippen LogP contribution < -0.4 is 5.32 Å². The highest BCUT2D eigenvalue weighted by atomic mass is 16.5. The molecular formula is C11H21NO3. The normalized spacial score (nSPS) is 12.3. The third-order valence-corrected chi connectivity index (χ3v) is 2.06. The smallest absolute Gasteiger partial charge is 0.307 e. The van der Waals surface area contributed by atoms with Crippen molar-refractivity contribution in [3.8, 4) is 0 Å². The van der Waals surface area contributed by atoms with Crippen molar-refractivity contribution in [2.45, 2.75) is 46.1 Å². The average molecular weight is 215 g/mol. The Labute approximate surface area is 91.4 Å². The van der Waals surface area contributed by atoms with Crippen LogP contribution in [-0.4, -0.2) is 25.0 Å². The van der Waals surface area contributed by atoms with Gasteiger partial charge in [-0.1, -0.05) is 13.8 Å². The summed E-state index contributed by atoms with van der Waals surface area (Å²) in [6.45, 7) is 5.94. The minimum Gasteiger partial charge on any atom is -0.469 e. The first-order chi connectivity index (χ1) is 6.95. The fourth-order valence-electron chi connectivity index (χ4n) is 1.15. The highest BCUT2D eigenvalue weighted by molar-refractivity contribution is 5.77. The maximum absolute atomic E-state index is 11.4. The second kappa shape index (κ2) is 7.26. The molecule has 0 saturated carbocycles. The molecule has 0 aliphatic heterocycles. The zero-order valence-electron chi connectivity index (χ0n) is 10.0. The fourth-order valence-corrected chi connectivity index (χ4v) is 1.15. The summed E-state index contributed by atoms with van der Waals surface area (Å²) in [6.07, 6.45) is 1.61. The molecule has 15 heavy (non-hydrogen) atoms. The Bertz CT molecular complexity index is 214. The molecular weight excluding hydrogens is 194 g/mol. The Hall–Kier alpha value is -1.06. The van der Waals surface area contributed by atoms with Gasteiger partial charge in [-0.15, -0.1) is 0 Å². The first-order valence-corrected chi connectivity index (χ1v) is 5.31. The number of amides is 1. The summed E-state index contributed by atoms with van der Waals surface area (Å²) >= 11 is 0. The van der Waals surface area contributed by atoms with Crippen molar-refractivity contribution >= 4 is 11.9 Å². The van der Waals surface area contributed by atoms with Crippen LogP contribution in [0.2, 0.25) is 0 Å². The predicted molar refractivity (Wildman–Crippen MR) is 58.3 cm³/mol. The summed E-state index contributed by atoms with van der Waals surface area (Å²) in [5, 5.41) is 2.76. The molecule has 0 spiro atoms. The summed E-state index contributed by atoms with van der Waals surface area (Å²) in [5.41, 5.74) is 0. The molecule has 4 nitrogen and oxygen atoms in total. The van der Waals surface area contributed by atoms with Crippen molar-refractivity contribution in [3.63, 3.8) is 0 Å². The van der Waals surface area contributed by atoms with E-state index >= 15 is 0 Å². The third kappa shape index (κ3) is 7.97. The Morgan fingerprint density at radius 3 is 2.33 bits per heavy atom.